The maximum Gasteiger partial charge on any atom is 0.0831 e. The smallest absolute Gasteiger partial charge is 0.0831 e. The van der Waals surface area contributed by atoms with Gasteiger partial charge in [-0.25, -0.2) is 0 Å². The topological polar surface area (TPSA) is 20.2 Å². The van der Waals surface area contributed by atoms with Crippen molar-refractivity contribution in [3.8, 4) is 0 Å². The molecular weight excluding hydrogens is 196 g/mol. The molecule has 0 heterocycles. The van der Waals surface area contributed by atoms with Gasteiger partial charge in [0, 0.05) is 0 Å². The molecule has 2 aliphatic carbocycles. The van der Waals surface area contributed by atoms with Gasteiger partial charge in [0.05, 0.1) is 5.60 Å². The zero-order valence-corrected chi connectivity index (χ0v) is 10.8. The van der Waals surface area contributed by atoms with Crippen molar-refractivity contribution in [3.63, 3.8) is 0 Å². The lowest BCUT2D eigenvalue weighted by molar-refractivity contribution is 0.0809. The van der Waals surface area contributed by atoms with Gasteiger partial charge in [0.1, 0.15) is 0 Å². The summed E-state index contributed by atoms with van der Waals surface area (Å²) >= 11 is 0. The second-order valence-corrected chi connectivity index (χ2v) is 6.07. The van der Waals surface area contributed by atoms with E-state index < -0.39 is 5.60 Å². The molecule has 1 saturated carbocycles. The normalized spacial score (nSPS) is 43.5. The first-order valence-corrected chi connectivity index (χ1v) is 6.50. The number of allylic oxidation sites excluding steroid dienone is 2. The van der Waals surface area contributed by atoms with Crippen LogP contribution in [0.3, 0.4) is 0 Å². The Bertz CT molecular complexity index is 324. The van der Waals surface area contributed by atoms with Crippen LogP contribution in [0.5, 0.6) is 0 Å². The van der Waals surface area contributed by atoms with Gasteiger partial charge in [-0.05, 0) is 62.9 Å². The highest BCUT2D eigenvalue weighted by atomic mass is 16.3. The van der Waals surface area contributed by atoms with Gasteiger partial charge < -0.3 is 5.11 Å². The summed E-state index contributed by atoms with van der Waals surface area (Å²) in [6.07, 6.45) is 6.59. The van der Waals surface area contributed by atoms with E-state index in [9.17, 15) is 5.11 Å². The Morgan fingerprint density at radius 1 is 1.56 bits per heavy atom. The van der Waals surface area contributed by atoms with Crippen molar-refractivity contribution in [3.05, 3.63) is 23.8 Å². The van der Waals surface area contributed by atoms with Gasteiger partial charge in [0.2, 0.25) is 0 Å². The van der Waals surface area contributed by atoms with E-state index in [-0.39, 0.29) is 0 Å². The Labute approximate surface area is 99.3 Å². The van der Waals surface area contributed by atoms with Crippen LogP contribution >= 0.6 is 0 Å². The van der Waals surface area contributed by atoms with Crippen LogP contribution in [0.1, 0.15) is 46.5 Å². The number of aliphatic hydroxyl groups is 1. The van der Waals surface area contributed by atoms with Gasteiger partial charge in [0.25, 0.3) is 0 Å². The number of hydrogen-bond acceptors (Lipinski definition) is 1. The molecule has 0 saturated heterocycles. The molecule has 1 N–H and O–H groups in total. The maximum absolute atomic E-state index is 10.5. The average molecular weight is 220 g/mol. The SMILES string of the molecule is C=C(C)C1CCC(C)(O)C2=CCC(C)C2C1. The highest BCUT2D eigenvalue weighted by Gasteiger charge is 2.41. The van der Waals surface area contributed by atoms with E-state index >= 15 is 0 Å². The summed E-state index contributed by atoms with van der Waals surface area (Å²) in [6.45, 7) is 10.5. The minimum absolute atomic E-state index is 0.570. The van der Waals surface area contributed by atoms with Gasteiger partial charge >= 0.3 is 0 Å². The average Bonchev–Trinajstić information content (AvgIpc) is 2.47. The van der Waals surface area contributed by atoms with Crippen molar-refractivity contribution < 1.29 is 5.11 Å². The van der Waals surface area contributed by atoms with Gasteiger partial charge in [0.15, 0.2) is 0 Å². The molecule has 1 heteroatoms. The largest absolute Gasteiger partial charge is 0.386 e. The maximum atomic E-state index is 10.5. The summed E-state index contributed by atoms with van der Waals surface area (Å²) in [6, 6.07) is 0. The van der Waals surface area contributed by atoms with Crippen molar-refractivity contribution in [2.24, 2.45) is 17.8 Å². The molecule has 2 aliphatic rings. The highest BCUT2D eigenvalue weighted by molar-refractivity contribution is 5.26. The van der Waals surface area contributed by atoms with Crippen LogP contribution in [0.25, 0.3) is 0 Å². The monoisotopic (exact) mass is 220 g/mol. The second-order valence-electron chi connectivity index (χ2n) is 6.07. The molecule has 90 valence electrons. The Balaban J connectivity index is 2.27. The number of rotatable bonds is 1. The van der Waals surface area contributed by atoms with Crippen LogP contribution in [-0.2, 0) is 0 Å². The Hall–Kier alpha value is -0.560. The summed E-state index contributed by atoms with van der Waals surface area (Å²) in [5.74, 6) is 1.88. The molecule has 4 atom stereocenters. The predicted molar refractivity (Wildman–Crippen MR) is 68.1 cm³/mol. The fourth-order valence-corrected chi connectivity index (χ4v) is 3.39. The molecule has 0 bridgehead atoms. The Morgan fingerprint density at radius 2 is 2.25 bits per heavy atom. The lowest BCUT2D eigenvalue weighted by Crippen LogP contribution is -2.29. The van der Waals surface area contributed by atoms with E-state index in [0.717, 1.165) is 19.3 Å². The van der Waals surface area contributed by atoms with Crippen molar-refractivity contribution in [2.75, 3.05) is 0 Å². The third kappa shape index (κ3) is 1.98. The van der Waals surface area contributed by atoms with Crippen molar-refractivity contribution >= 4 is 0 Å². The van der Waals surface area contributed by atoms with Gasteiger partial charge in [-0.3, -0.25) is 0 Å². The molecule has 0 spiro atoms. The third-order valence-corrected chi connectivity index (χ3v) is 4.63. The van der Waals surface area contributed by atoms with Gasteiger partial charge in [-0.1, -0.05) is 25.2 Å². The van der Waals surface area contributed by atoms with Gasteiger partial charge in [-0.15, -0.1) is 0 Å². The molecule has 0 aliphatic heterocycles. The minimum atomic E-state index is -0.570. The van der Waals surface area contributed by atoms with Crippen LogP contribution in [0.2, 0.25) is 0 Å². The first-order valence-electron chi connectivity index (χ1n) is 6.50. The van der Waals surface area contributed by atoms with E-state index in [2.05, 4.69) is 26.5 Å². The summed E-state index contributed by atoms with van der Waals surface area (Å²) in [5, 5.41) is 10.5. The fraction of sp³-hybridized carbons (Fsp3) is 0.733. The molecular formula is C15H24O. The number of fused-ring (bicyclic) bond motifs is 1. The molecule has 1 nitrogen and oxygen atoms in total. The highest BCUT2D eigenvalue weighted by Crippen LogP contribution is 2.47. The summed E-state index contributed by atoms with van der Waals surface area (Å²) < 4.78 is 0. The molecule has 0 amide bonds. The Morgan fingerprint density at radius 3 is 2.88 bits per heavy atom. The summed E-state index contributed by atoms with van der Waals surface area (Å²) in [7, 11) is 0. The van der Waals surface area contributed by atoms with Crippen LogP contribution in [0.15, 0.2) is 23.8 Å². The predicted octanol–water partition coefficient (Wildman–Crippen LogP) is 3.70. The number of hydrogen-bond donors (Lipinski definition) is 1. The molecule has 4 unspecified atom stereocenters. The minimum Gasteiger partial charge on any atom is -0.386 e. The molecule has 16 heavy (non-hydrogen) atoms. The Kier molecular flexibility index (Phi) is 3.00. The first-order chi connectivity index (χ1) is 7.42. The van der Waals surface area contributed by atoms with E-state index in [0.29, 0.717) is 17.8 Å². The fourth-order valence-electron chi connectivity index (χ4n) is 3.39. The van der Waals surface area contributed by atoms with Crippen LogP contribution in [0.4, 0.5) is 0 Å². The standard InChI is InChI=1S/C15H24O/c1-10(2)12-7-8-15(4,16)14-6-5-11(3)13(14)9-12/h6,11-13,16H,1,5,7-9H2,2-4H3. The van der Waals surface area contributed by atoms with Gasteiger partial charge in [-0.2, -0.15) is 0 Å². The molecule has 0 aromatic carbocycles. The molecule has 0 aromatic heterocycles. The molecule has 1 fully saturated rings. The van der Waals surface area contributed by atoms with E-state index in [4.69, 9.17) is 0 Å². The quantitative estimate of drug-likeness (QED) is 0.668. The van der Waals surface area contributed by atoms with Crippen molar-refractivity contribution in [1.29, 1.82) is 0 Å². The zero-order valence-electron chi connectivity index (χ0n) is 10.8. The molecule has 0 aromatic rings. The lowest BCUT2D eigenvalue weighted by Gasteiger charge is -2.28. The van der Waals surface area contributed by atoms with Crippen molar-refractivity contribution in [2.45, 2.75) is 52.1 Å². The van der Waals surface area contributed by atoms with Crippen LogP contribution in [0, 0.1) is 17.8 Å². The molecule has 0 radical (unpaired) electrons. The lowest BCUT2D eigenvalue weighted by atomic mass is 9.81. The van der Waals surface area contributed by atoms with Crippen molar-refractivity contribution in [1.82, 2.24) is 0 Å². The van der Waals surface area contributed by atoms with Crippen LogP contribution < -0.4 is 0 Å². The van der Waals surface area contributed by atoms with Crippen LogP contribution in [-0.4, -0.2) is 10.7 Å². The summed E-state index contributed by atoms with van der Waals surface area (Å²) in [5.41, 5.74) is 2.03. The first kappa shape index (κ1) is 11.9. The molecule has 2 rings (SSSR count). The third-order valence-electron chi connectivity index (χ3n) is 4.63. The van der Waals surface area contributed by atoms with E-state index in [1.54, 1.807) is 0 Å². The van der Waals surface area contributed by atoms with E-state index in [1.165, 1.54) is 17.6 Å². The zero-order chi connectivity index (χ0) is 11.9. The summed E-state index contributed by atoms with van der Waals surface area (Å²) in [4.78, 5) is 0. The second kappa shape index (κ2) is 4.03. The van der Waals surface area contributed by atoms with E-state index in [1.807, 2.05) is 6.92 Å².